The van der Waals surface area contributed by atoms with Crippen molar-refractivity contribution >= 4 is 21.2 Å². The van der Waals surface area contributed by atoms with Gasteiger partial charge in [0.25, 0.3) is 0 Å². The van der Waals surface area contributed by atoms with E-state index in [0.29, 0.717) is 25.4 Å². The molecule has 7 heteroatoms. The van der Waals surface area contributed by atoms with Crippen LogP contribution in [-0.4, -0.2) is 53.2 Å². The molecule has 0 atom stereocenters. The third-order valence-corrected chi connectivity index (χ3v) is 3.87. The number of aliphatic hydroxyl groups is 1. The second-order valence-corrected chi connectivity index (χ2v) is 6.15. The molecule has 3 N–H and O–H groups in total. The highest BCUT2D eigenvalue weighted by Crippen LogP contribution is 2.29. The SMILES string of the molecule is COCCN(CCO)c1cccc(S(C)(=O)=O)c1N. The molecule has 0 aliphatic heterocycles. The van der Waals surface area contributed by atoms with Crippen molar-refractivity contribution in [3.8, 4) is 0 Å². The van der Waals surface area contributed by atoms with E-state index in [-0.39, 0.29) is 17.2 Å². The number of para-hydroxylation sites is 1. The maximum absolute atomic E-state index is 11.6. The van der Waals surface area contributed by atoms with Crippen molar-refractivity contribution in [2.75, 3.05) is 50.3 Å². The Hall–Kier alpha value is -1.31. The van der Waals surface area contributed by atoms with Gasteiger partial charge in [-0.2, -0.15) is 0 Å². The number of nitrogens with zero attached hydrogens (tertiary/aromatic N) is 1. The van der Waals surface area contributed by atoms with Crippen LogP contribution >= 0.6 is 0 Å². The fraction of sp³-hybridized carbons (Fsp3) is 0.500. The fourth-order valence-corrected chi connectivity index (χ4v) is 2.64. The van der Waals surface area contributed by atoms with Crippen molar-refractivity contribution < 1.29 is 18.3 Å². The summed E-state index contributed by atoms with van der Waals surface area (Å²) in [6, 6.07) is 4.84. The number of hydrogen-bond donors (Lipinski definition) is 2. The first-order valence-electron chi connectivity index (χ1n) is 5.85. The Labute approximate surface area is 113 Å². The van der Waals surface area contributed by atoms with Crippen LogP contribution in [0.5, 0.6) is 0 Å². The molecule has 0 fully saturated rings. The van der Waals surface area contributed by atoms with Crippen LogP contribution in [0.2, 0.25) is 0 Å². The Morgan fingerprint density at radius 1 is 1.37 bits per heavy atom. The van der Waals surface area contributed by atoms with Crippen LogP contribution in [0.1, 0.15) is 0 Å². The Balaban J connectivity index is 3.16. The molecule has 0 saturated carbocycles. The lowest BCUT2D eigenvalue weighted by Crippen LogP contribution is -2.31. The standard InChI is InChI=1S/C12H20N2O4S/c1-18-9-7-14(6-8-15)10-4-3-5-11(12(10)13)19(2,16)17/h3-5,15H,6-9,13H2,1-2H3. The Kier molecular flexibility index (Phi) is 5.59. The molecule has 0 amide bonds. The van der Waals surface area contributed by atoms with Gasteiger partial charge in [0, 0.05) is 26.5 Å². The predicted octanol–water partition coefficient (Wildman–Crippen LogP) is 0.117. The molecular weight excluding hydrogens is 268 g/mol. The van der Waals surface area contributed by atoms with Gasteiger partial charge in [-0.3, -0.25) is 0 Å². The van der Waals surface area contributed by atoms with Crippen LogP contribution in [0, 0.1) is 0 Å². The van der Waals surface area contributed by atoms with Gasteiger partial charge in [-0.1, -0.05) is 6.07 Å². The van der Waals surface area contributed by atoms with Crippen molar-refractivity contribution in [2.45, 2.75) is 4.90 Å². The van der Waals surface area contributed by atoms with Crippen molar-refractivity contribution in [3.63, 3.8) is 0 Å². The molecule has 0 unspecified atom stereocenters. The molecule has 0 spiro atoms. The normalized spacial score (nSPS) is 11.5. The van der Waals surface area contributed by atoms with E-state index < -0.39 is 9.84 Å². The first kappa shape index (κ1) is 15.7. The molecule has 0 bridgehead atoms. The van der Waals surface area contributed by atoms with Crippen LogP contribution < -0.4 is 10.6 Å². The van der Waals surface area contributed by atoms with E-state index in [1.54, 1.807) is 24.1 Å². The maximum Gasteiger partial charge on any atom is 0.177 e. The minimum atomic E-state index is -3.37. The number of nitrogens with two attached hydrogens (primary N) is 1. The lowest BCUT2D eigenvalue weighted by molar-refractivity contribution is 0.203. The first-order chi connectivity index (χ1) is 8.91. The summed E-state index contributed by atoms with van der Waals surface area (Å²) >= 11 is 0. The summed E-state index contributed by atoms with van der Waals surface area (Å²) < 4.78 is 28.3. The van der Waals surface area contributed by atoms with Crippen molar-refractivity contribution in [2.24, 2.45) is 0 Å². The van der Waals surface area contributed by atoms with Crippen molar-refractivity contribution in [1.82, 2.24) is 0 Å². The number of nitrogen functional groups attached to an aromatic ring is 1. The number of sulfone groups is 1. The van der Waals surface area contributed by atoms with Gasteiger partial charge in [0.1, 0.15) is 0 Å². The number of benzene rings is 1. The average Bonchev–Trinajstić information content (AvgIpc) is 2.33. The van der Waals surface area contributed by atoms with Gasteiger partial charge in [0.2, 0.25) is 0 Å². The van der Waals surface area contributed by atoms with E-state index in [1.165, 1.54) is 6.07 Å². The second-order valence-electron chi connectivity index (χ2n) is 4.16. The van der Waals surface area contributed by atoms with Gasteiger partial charge >= 0.3 is 0 Å². The Morgan fingerprint density at radius 3 is 2.58 bits per heavy atom. The molecule has 0 aliphatic carbocycles. The van der Waals surface area contributed by atoms with E-state index in [1.807, 2.05) is 0 Å². The van der Waals surface area contributed by atoms with Crippen molar-refractivity contribution in [1.29, 1.82) is 0 Å². The van der Waals surface area contributed by atoms with E-state index in [0.717, 1.165) is 6.26 Å². The summed E-state index contributed by atoms with van der Waals surface area (Å²) in [5.41, 5.74) is 6.72. The van der Waals surface area contributed by atoms with E-state index in [2.05, 4.69) is 0 Å². The molecule has 0 aromatic heterocycles. The molecule has 1 aromatic rings. The van der Waals surface area contributed by atoms with E-state index in [9.17, 15) is 8.42 Å². The number of methoxy groups -OCH3 is 1. The van der Waals surface area contributed by atoms with Crippen LogP contribution in [0.3, 0.4) is 0 Å². The molecule has 108 valence electrons. The zero-order valence-corrected chi connectivity index (χ0v) is 12.0. The molecule has 0 saturated heterocycles. The quantitative estimate of drug-likeness (QED) is 0.692. The van der Waals surface area contributed by atoms with E-state index in [4.69, 9.17) is 15.6 Å². The number of rotatable bonds is 7. The molecule has 0 aliphatic rings. The zero-order chi connectivity index (χ0) is 14.5. The lowest BCUT2D eigenvalue weighted by Gasteiger charge is -2.25. The summed E-state index contributed by atoms with van der Waals surface area (Å²) in [6.45, 7) is 1.30. The van der Waals surface area contributed by atoms with E-state index >= 15 is 0 Å². The Bertz CT molecular complexity index is 516. The summed E-state index contributed by atoms with van der Waals surface area (Å²) in [6.07, 6.45) is 1.12. The summed E-state index contributed by atoms with van der Waals surface area (Å²) in [5, 5.41) is 9.08. The molecule has 6 nitrogen and oxygen atoms in total. The third kappa shape index (κ3) is 4.09. The molecule has 0 radical (unpaired) electrons. The molecular formula is C12H20N2O4S. The number of ether oxygens (including phenoxy) is 1. The van der Waals surface area contributed by atoms with Gasteiger partial charge in [-0.05, 0) is 12.1 Å². The molecule has 1 rings (SSSR count). The topological polar surface area (TPSA) is 92.9 Å². The average molecular weight is 288 g/mol. The highest BCUT2D eigenvalue weighted by molar-refractivity contribution is 7.90. The van der Waals surface area contributed by atoms with Crippen LogP contribution in [-0.2, 0) is 14.6 Å². The summed E-state index contributed by atoms with van der Waals surface area (Å²) in [5.74, 6) is 0. The Morgan fingerprint density at radius 2 is 2.05 bits per heavy atom. The van der Waals surface area contributed by atoms with Gasteiger partial charge in [-0.15, -0.1) is 0 Å². The minimum Gasteiger partial charge on any atom is -0.396 e. The monoisotopic (exact) mass is 288 g/mol. The van der Waals surface area contributed by atoms with Crippen LogP contribution in [0.4, 0.5) is 11.4 Å². The minimum absolute atomic E-state index is 0.0493. The molecule has 1 aromatic carbocycles. The highest BCUT2D eigenvalue weighted by atomic mass is 32.2. The van der Waals surface area contributed by atoms with Gasteiger partial charge in [0.05, 0.1) is 29.5 Å². The van der Waals surface area contributed by atoms with Crippen LogP contribution in [0.25, 0.3) is 0 Å². The van der Waals surface area contributed by atoms with Crippen molar-refractivity contribution in [3.05, 3.63) is 18.2 Å². The number of aliphatic hydroxyl groups excluding tert-OH is 1. The third-order valence-electron chi connectivity index (χ3n) is 2.72. The summed E-state index contributed by atoms with van der Waals surface area (Å²) in [4.78, 5) is 1.90. The van der Waals surface area contributed by atoms with Gasteiger partial charge in [0.15, 0.2) is 9.84 Å². The molecule has 0 heterocycles. The second kappa shape index (κ2) is 6.74. The summed E-state index contributed by atoms with van der Waals surface area (Å²) in [7, 11) is -1.79. The lowest BCUT2D eigenvalue weighted by atomic mass is 10.2. The number of hydrogen-bond acceptors (Lipinski definition) is 6. The first-order valence-corrected chi connectivity index (χ1v) is 7.74. The largest absolute Gasteiger partial charge is 0.396 e. The highest BCUT2D eigenvalue weighted by Gasteiger charge is 2.17. The predicted molar refractivity (Wildman–Crippen MR) is 75.1 cm³/mol. The zero-order valence-electron chi connectivity index (χ0n) is 11.2. The fourth-order valence-electron chi connectivity index (χ4n) is 1.81. The number of anilines is 2. The smallest absolute Gasteiger partial charge is 0.177 e. The van der Waals surface area contributed by atoms with Gasteiger partial charge < -0.3 is 20.5 Å². The van der Waals surface area contributed by atoms with Crippen LogP contribution in [0.15, 0.2) is 23.1 Å². The maximum atomic E-state index is 11.6. The van der Waals surface area contributed by atoms with Gasteiger partial charge in [-0.25, -0.2) is 8.42 Å². The molecule has 19 heavy (non-hydrogen) atoms.